The largest absolute Gasteiger partial charge is 0.321 e. The summed E-state index contributed by atoms with van der Waals surface area (Å²) in [5.41, 5.74) is 1.02. The Morgan fingerprint density at radius 2 is 1.64 bits per heavy atom. The fourth-order valence-electron chi connectivity index (χ4n) is 2.50. The van der Waals surface area contributed by atoms with Gasteiger partial charge in [-0.2, -0.15) is 0 Å². The summed E-state index contributed by atoms with van der Waals surface area (Å²) in [6.07, 6.45) is 0. The number of nitrogens with one attached hydrogen (secondary N) is 1. The van der Waals surface area contributed by atoms with Crippen molar-refractivity contribution in [3.05, 3.63) is 89.2 Å². The molecule has 8 heteroatoms. The summed E-state index contributed by atoms with van der Waals surface area (Å²) < 4.78 is 39.8. The lowest BCUT2D eigenvalue weighted by molar-refractivity contribution is 0.102. The van der Waals surface area contributed by atoms with Crippen molar-refractivity contribution in [1.29, 1.82) is 0 Å². The maximum atomic E-state index is 13.1. The zero-order valence-corrected chi connectivity index (χ0v) is 16.3. The number of nitrogens with zero attached hydrogens (tertiary/aromatic N) is 1. The smallest absolute Gasteiger partial charge is 0.264 e. The van der Waals surface area contributed by atoms with Crippen LogP contribution in [0.15, 0.2) is 77.7 Å². The van der Waals surface area contributed by atoms with E-state index in [0.717, 1.165) is 6.07 Å². The van der Waals surface area contributed by atoms with Gasteiger partial charge in [-0.1, -0.05) is 29.8 Å². The second-order valence-electron chi connectivity index (χ2n) is 5.91. The SMILES string of the molecule is CN(c1ccccc1)S(=O)(=O)c1ccc(C(=O)Nc2ccc(F)cc2Cl)cc1. The number of carbonyl (C=O) groups is 1. The molecule has 1 N–H and O–H groups in total. The lowest BCUT2D eigenvalue weighted by Crippen LogP contribution is -2.26. The molecule has 0 unspecified atom stereocenters. The van der Waals surface area contributed by atoms with Crippen LogP contribution in [-0.4, -0.2) is 21.4 Å². The molecule has 3 rings (SSSR count). The van der Waals surface area contributed by atoms with Crippen LogP contribution in [0.5, 0.6) is 0 Å². The summed E-state index contributed by atoms with van der Waals surface area (Å²) in [6, 6.07) is 17.8. The molecule has 0 aliphatic carbocycles. The van der Waals surface area contributed by atoms with Crippen LogP contribution >= 0.6 is 11.6 Å². The van der Waals surface area contributed by atoms with Crippen molar-refractivity contribution >= 4 is 38.9 Å². The van der Waals surface area contributed by atoms with Gasteiger partial charge in [-0.3, -0.25) is 9.10 Å². The summed E-state index contributed by atoms with van der Waals surface area (Å²) in [7, 11) is -2.31. The van der Waals surface area contributed by atoms with Crippen LogP contribution in [0.3, 0.4) is 0 Å². The van der Waals surface area contributed by atoms with Gasteiger partial charge in [0, 0.05) is 12.6 Å². The van der Waals surface area contributed by atoms with Gasteiger partial charge in [0.1, 0.15) is 5.82 Å². The Morgan fingerprint density at radius 3 is 2.25 bits per heavy atom. The van der Waals surface area contributed by atoms with Crippen LogP contribution in [0.2, 0.25) is 5.02 Å². The fourth-order valence-corrected chi connectivity index (χ4v) is 3.91. The van der Waals surface area contributed by atoms with Gasteiger partial charge >= 0.3 is 0 Å². The average Bonchev–Trinajstić information content (AvgIpc) is 2.70. The third kappa shape index (κ3) is 4.16. The molecule has 144 valence electrons. The van der Waals surface area contributed by atoms with E-state index in [-0.39, 0.29) is 21.2 Å². The van der Waals surface area contributed by atoms with Gasteiger partial charge in [0.05, 0.1) is 21.3 Å². The van der Waals surface area contributed by atoms with Crippen LogP contribution in [0.1, 0.15) is 10.4 Å². The van der Waals surface area contributed by atoms with E-state index >= 15 is 0 Å². The van der Waals surface area contributed by atoms with Gasteiger partial charge in [0.2, 0.25) is 0 Å². The Hall–Kier alpha value is -2.90. The first-order chi connectivity index (χ1) is 13.3. The molecule has 3 aromatic carbocycles. The van der Waals surface area contributed by atoms with Crippen LogP contribution in [0.25, 0.3) is 0 Å². The number of carbonyl (C=O) groups excluding carboxylic acids is 1. The Kier molecular flexibility index (Phi) is 5.67. The Labute approximate surface area is 167 Å². The number of benzene rings is 3. The first-order valence-corrected chi connectivity index (χ1v) is 10.0. The molecule has 0 saturated carbocycles. The minimum atomic E-state index is -3.77. The average molecular weight is 419 g/mol. The summed E-state index contributed by atoms with van der Waals surface area (Å²) in [5, 5.41) is 2.63. The maximum Gasteiger partial charge on any atom is 0.264 e. The summed E-state index contributed by atoms with van der Waals surface area (Å²) in [5.74, 6) is -1.01. The highest BCUT2D eigenvalue weighted by Gasteiger charge is 2.21. The lowest BCUT2D eigenvalue weighted by atomic mass is 10.2. The van der Waals surface area contributed by atoms with Crippen molar-refractivity contribution in [2.75, 3.05) is 16.7 Å². The van der Waals surface area contributed by atoms with E-state index in [9.17, 15) is 17.6 Å². The van der Waals surface area contributed by atoms with E-state index < -0.39 is 21.7 Å². The minimum absolute atomic E-state index is 0.0511. The number of hydrogen-bond acceptors (Lipinski definition) is 3. The van der Waals surface area contributed by atoms with Crippen molar-refractivity contribution in [3.8, 4) is 0 Å². The maximum absolute atomic E-state index is 13.1. The van der Waals surface area contributed by atoms with E-state index in [1.165, 1.54) is 47.8 Å². The molecule has 0 radical (unpaired) electrons. The van der Waals surface area contributed by atoms with Crippen molar-refractivity contribution in [2.45, 2.75) is 4.90 Å². The highest BCUT2D eigenvalue weighted by atomic mass is 35.5. The molecule has 0 fully saturated rings. The molecular weight excluding hydrogens is 403 g/mol. The number of amides is 1. The molecule has 1 amide bonds. The van der Waals surface area contributed by atoms with Crippen LogP contribution in [0.4, 0.5) is 15.8 Å². The van der Waals surface area contributed by atoms with E-state index in [2.05, 4.69) is 5.32 Å². The predicted octanol–water partition coefficient (Wildman–Crippen LogP) is 4.56. The zero-order valence-electron chi connectivity index (χ0n) is 14.8. The molecule has 28 heavy (non-hydrogen) atoms. The molecule has 0 saturated heterocycles. The van der Waals surface area contributed by atoms with Gasteiger partial charge in [0.25, 0.3) is 15.9 Å². The van der Waals surface area contributed by atoms with Gasteiger partial charge in [-0.25, -0.2) is 12.8 Å². The highest BCUT2D eigenvalue weighted by Crippen LogP contribution is 2.24. The predicted molar refractivity (Wildman–Crippen MR) is 108 cm³/mol. The van der Waals surface area contributed by atoms with Crippen LogP contribution in [0, 0.1) is 5.82 Å². The van der Waals surface area contributed by atoms with Crippen LogP contribution in [-0.2, 0) is 10.0 Å². The lowest BCUT2D eigenvalue weighted by Gasteiger charge is -2.19. The Morgan fingerprint density at radius 1 is 1.00 bits per heavy atom. The quantitative estimate of drug-likeness (QED) is 0.660. The Balaban J connectivity index is 1.80. The third-order valence-electron chi connectivity index (χ3n) is 4.07. The molecular formula is C20H16ClFN2O3S. The van der Waals surface area contributed by atoms with Gasteiger partial charge in [-0.05, 0) is 54.6 Å². The van der Waals surface area contributed by atoms with Gasteiger partial charge in [-0.15, -0.1) is 0 Å². The monoisotopic (exact) mass is 418 g/mol. The van der Waals surface area contributed by atoms with Gasteiger partial charge < -0.3 is 5.32 Å². The fraction of sp³-hybridized carbons (Fsp3) is 0.0500. The minimum Gasteiger partial charge on any atom is -0.321 e. The van der Waals surface area contributed by atoms with Crippen molar-refractivity contribution in [3.63, 3.8) is 0 Å². The van der Waals surface area contributed by atoms with Crippen molar-refractivity contribution in [1.82, 2.24) is 0 Å². The van der Waals surface area contributed by atoms with E-state index in [4.69, 9.17) is 11.6 Å². The molecule has 0 aliphatic rings. The highest BCUT2D eigenvalue weighted by molar-refractivity contribution is 7.92. The second-order valence-corrected chi connectivity index (χ2v) is 8.29. The zero-order chi connectivity index (χ0) is 20.3. The van der Waals surface area contributed by atoms with E-state index in [0.29, 0.717) is 5.69 Å². The number of sulfonamides is 1. The molecule has 0 heterocycles. The molecule has 3 aromatic rings. The molecule has 0 aliphatic heterocycles. The third-order valence-corrected chi connectivity index (χ3v) is 6.19. The molecule has 0 atom stereocenters. The normalized spacial score (nSPS) is 11.1. The number of rotatable bonds is 5. The second kappa shape index (κ2) is 8.00. The molecule has 0 spiro atoms. The molecule has 5 nitrogen and oxygen atoms in total. The molecule has 0 bridgehead atoms. The number of hydrogen-bond donors (Lipinski definition) is 1. The van der Waals surface area contributed by atoms with Gasteiger partial charge in [0.15, 0.2) is 0 Å². The summed E-state index contributed by atoms with van der Waals surface area (Å²) in [6.45, 7) is 0. The number of anilines is 2. The van der Waals surface area contributed by atoms with E-state index in [1.54, 1.807) is 30.3 Å². The Bertz CT molecular complexity index is 1100. The summed E-state index contributed by atoms with van der Waals surface area (Å²) >= 11 is 5.90. The first-order valence-electron chi connectivity index (χ1n) is 8.19. The van der Waals surface area contributed by atoms with Crippen molar-refractivity contribution < 1.29 is 17.6 Å². The van der Waals surface area contributed by atoms with Crippen molar-refractivity contribution in [2.24, 2.45) is 0 Å². The van der Waals surface area contributed by atoms with Crippen LogP contribution < -0.4 is 9.62 Å². The van der Waals surface area contributed by atoms with E-state index in [1.807, 2.05) is 0 Å². The first kappa shape index (κ1) is 19.9. The number of para-hydroxylation sites is 1. The topological polar surface area (TPSA) is 66.5 Å². The standard InChI is InChI=1S/C20H16ClFN2O3S/c1-24(16-5-3-2-4-6-16)28(26,27)17-10-7-14(8-11-17)20(25)23-19-12-9-15(22)13-18(19)21/h2-13H,1H3,(H,23,25). The summed E-state index contributed by atoms with van der Waals surface area (Å²) in [4.78, 5) is 12.4. The molecule has 0 aromatic heterocycles. The number of halogens is 2.